The van der Waals surface area contributed by atoms with Gasteiger partial charge in [-0.15, -0.1) is 0 Å². The van der Waals surface area contributed by atoms with Gasteiger partial charge in [-0.1, -0.05) is 43.3 Å². The molecule has 0 spiro atoms. The van der Waals surface area contributed by atoms with E-state index in [2.05, 4.69) is 60.0 Å². The lowest BCUT2D eigenvalue weighted by Gasteiger charge is -2.20. The Morgan fingerprint density at radius 3 is 1.82 bits per heavy atom. The molecule has 0 unspecified atom stereocenters. The molecule has 22 heavy (non-hydrogen) atoms. The largest absolute Gasteiger partial charge is 0.229 e. The molecule has 2 aromatic rings. The molecule has 4 rings (SSSR count). The second-order valence-corrected chi connectivity index (χ2v) is 6.83. The summed E-state index contributed by atoms with van der Waals surface area (Å²) >= 11 is 0. The maximum Gasteiger partial charge on any atom is 0.215 e. The summed E-state index contributed by atoms with van der Waals surface area (Å²) in [5, 5.41) is 0. The normalized spacial score (nSPS) is 21.0. The molecular formula is C21H24N+. The van der Waals surface area contributed by atoms with Crippen molar-refractivity contribution in [2.45, 2.75) is 32.6 Å². The lowest BCUT2D eigenvalue weighted by atomic mass is 9.94. The van der Waals surface area contributed by atoms with Crippen LogP contribution in [0.15, 0.2) is 48.5 Å². The van der Waals surface area contributed by atoms with Gasteiger partial charge in [0.1, 0.15) is 13.1 Å². The van der Waals surface area contributed by atoms with E-state index < -0.39 is 0 Å². The van der Waals surface area contributed by atoms with Crippen LogP contribution in [0.25, 0.3) is 0 Å². The zero-order valence-electron chi connectivity index (χ0n) is 13.4. The Hall–Kier alpha value is -1.89. The molecular weight excluding hydrogens is 266 g/mol. The predicted octanol–water partition coefficient (Wildman–Crippen LogP) is 4.07. The molecule has 0 N–H and O–H groups in total. The number of rotatable bonds is 0. The molecule has 0 aromatic heterocycles. The summed E-state index contributed by atoms with van der Waals surface area (Å²) in [5.74, 6) is 0.869. The minimum absolute atomic E-state index is 0.869. The van der Waals surface area contributed by atoms with Crippen molar-refractivity contribution in [3.05, 3.63) is 70.8 Å². The molecule has 1 aliphatic carbocycles. The van der Waals surface area contributed by atoms with Crippen LogP contribution in [0, 0.1) is 5.92 Å². The molecule has 1 saturated heterocycles. The Kier molecular flexibility index (Phi) is 3.57. The van der Waals surface area contributed by atoms with E-state index in [9.17, 15) is 0 Å². The molecule has 1 heterocycles. The molecule has 0 amide bonds. The fourth-order valence-corrected chi connectivity index (χ4v) is 3.93. The summed E-state index contributed by atoms with van der Waals surface area (Å²) in [6.45, 7) is 4.77. The highest BCUT2D eigenvalue weighted by Gasteiger charge is 2.29. The van der Waals surface area contributed by atoms with Crippen molar-refractivity contribution >= 4 is 5.71 Å². The second kappa shape index (κ2) is 5.72. The van der Waals surface area contributed by atoms with Gasteiger partial charge < -0.3 is 0 Å². The predicted molar refractivity (Wildman–Crippen MR) is 91.9 cm³/mol. The Balaban J connectivity index is 1.93. The Labute approximate surface area is 133 Å². The highest BCUT2D eigenvalue weighted by Crippen LogP contribution is 2.26. The van der Waals surface area contributed by atoms with Gasteiger partial charge in [0.05, 0.1) is 0 Å². The third kappa shape index (κ3) is 2.39. The molecule has 1 nitrogen and oxygen atoms in total. The summed E-state index contributed by atoms with van der Waals surface area (Å²) in [5.41, 5.74) is 7.42. The third-order valence-corrected chi connectivity index (χ3v) is 5.31. The van der Waals surface area contributed by atoms with Gasteiger partial charge in [0.25, 0.3) is 0 Å². The summed E-state index contributed by atoms with van der Waals surface area (Å²) in [4.78, 5) is 0. The first-order valence-electron chi connectivity index (χ1n) is 8.61. The van der Waals surface area contributed by atoms with Gasteiger partial charge >= 0.3 is 0 Å². The van der Waals surface area contributed by atoms with Crippen LogP contribution in [0.3, 0.4) is 0 Å². The molecule has 1 heteroatoms. The van der Waals surface area contributed by atoms with E-state index in [4.69, 9.17) is 0 Å². The van der Waals surface area contributed by atoms with Crippen molar-refractivity contribution in [2.24, 2.45) is 5.92 Å². The molecule has 1 aliphatic heterocycles. The van der Waals surface area contributed by atoms with E-state index in [1.165, 1.54) is 53.9 Å². The van der Waals surface area contributed by atoms with Crippen molar-refractivity contribution < 1.29 is 4.58 Å². The van der Waals surface area contributed by atoms with Gasteiger partial charge in [0.2, 0.25) is 5.71 Å². The van der Waals surface area contributed by atoms with Crippen molar-refractivity contribution in [1.29, 1.82) is 0 Å². The fourth-order valence-electron chi connectivity index (χ4n) is 3.93. The smallest absolute Gasteiger partial charge is 0.215 e. The summed E-state index contributed by atoms with van der Waals surface area (Å²) in [7, 11) is 0. The number of hydrogen-bond acceptors (Lipinski definition) is 0. The lowest BCUT2D eigenvalue weighted by Crippen LogP contribution is -2.31. The Bertz CT molecular complexity index is 667. The van der Waals surface area contributed by atoms with Gasteiger partial charge in [0, 0.05) is 24.0 Å². The van der Waals surface area contributed by atoms with Gasteiger partial charge in [-0.2, -0.15) is 0 Å². The van der Waals surface area contributed by atoms with E-state index in [0.717, 1.165) is 18.8 Å². The highest BCUT2D eigenvalue weighted by atomic mass is 15.0. The van der Waals surface area contributed by atoms with Crippen LogP contribution < -0.4 is 0 Å². The zero-order chi connectivity index (χ0) is 14.9. The van der Waals surface area contributed by atoms with Crippen LogP contribution in [0.4, 0.5) is 0 Å². The molecule has 0 radical (unpaired) electrons. The van der Waals surface area contributed by atoms with Gasteiger partial charge in [-0.3, -0.25) is 0 Å². The molecule has 1 fully saturated rings. The van der Waals surface area contributed by atoms with Crippen LogP contribution in [0.5, 0.6) is 0 Å². The first-order chi connectivity index (χ1) is 10.8. The maximum absolute atomic E-state index is 2.64. The molecule has 2 aliphatic rings. The van der Waals surface area contributed by atoms with Gasteiger partial charge in [0.15, 0.2) is 0 Å². The lowest BCUT2D eigenvalue weighted by molar-refractivity contribution is -0.539. The van der Waals surface area contributed by atoms with Crippen molar-refractivity contribution in [3.63, 3.8) is 0 Å². The average Bonchev–Trinajstić information content (AvgIpc) is 2.73. The third-order valence-electron chi connectivity index (χ3n) is 5.31. The molecule has 0 atom stereocenters. The SMILES string of the molecule is CC1CC[N+](=C2c3ccccc3CCc3ccccc32)CC1. The number of aryl methyl sites for hydroxylation is 2. The zero-order valence-corrected chi connectivity index (χ0v) is 13.4. The quantitative estimate of drug-likeness (QED) is 0.644. The number of fused-ring (bicyclic) bond motifs is 2. The minimum atomic E-state index is 0.869. The highest BCUT2D eigenvalue weighted by molar-refractivity contribution is 6.12. The van der Waals surface area contributed by atoms with Crippen LogP contribution >= 0.6 is 0 Å². The summed E-state index contributed by atoms with van der Waals surface area (Å²) in [6, 6.07) is 18.0. The van der Waals surface area contributed by atoms with Crippen LogP contribution in [0.1, 0.15) is 42.0 Å². The average molecular weight is 290 g/mol. The first kappa shape index (κ1) is 13.8. The number of hydrogen-bond donors (Lipinski definition) is 0. The summed E-state index contributed by atoms with van der Waals surface area (Å²) < 4.78 is 2.64. The van der Waals surface area contributed by atoms with E-state index in [0.29, 0.717) is 0 Å². The van der Waals surface area contributed by atoms with Crippen molar-refractivity contribution in [3.8, 4) is 0 Å². The number of piperidine rings is 1. The van der Waals surface area contributed by atoms with E-state index in [1.807, 2.05) is 0 Å². The van der Waals surface area contributed by atoms with Crippen LogP contribution in [-0.2, 0) is 12.8 Å². The molecule has 112 valence electrons. The maximum atomic E-state index is 2.64. The van der Waals surface area contributed by atoms with Crippen molar-refractivity contribution in [1.82, 2.24) is 0 Å². The molecule has 0 saturated carbocycles. The van der Waals surface area contributed by atoms with Crippen LogP contribution in [0.2, 0.25) is 0 Å². The van der Waals surface area contributed by atoms with Crippen molar-refractivity contribution in [2.75, 3.05) is 13.1 Å². The second-order valence-electron chi connectivity index (χ2n) is 6.83. The molecule has 2 aromatic carbocycles. The fraction of sp³-hybridized carbons (Fsp3) is 0.381. The topological polar surface area (TPSA) is 3.01 Å². The van der Waals surface area contributed by atoms with E-state index in [-0.39, 0.29) is 0 Å². The van der Waals surface area contributed by atoms with E-state index >= 15 is 0 Å². The molecule has 0 bridgehead atoms. The monoisotopic (exact) mass is 290 g/mol. The first-order valence-corrected chi connectivity index (χ1v) is 8.61. The number of nitrogens with zero attached hydrogens (tertiary/aromatic N) is 1. The Morgan fingerprint density at radius 1 is 0.773 bits per heavy atom. The number of benzene rings is 2. The summed E-state index contributed by atoms with van der Waals surface area (Å²) in [6.07, 6.45) is 4.93. The standard InChI is InChI=1S/C21H24N/c1-16-12-14-22(15-13-16)21-19-8-4-2-6-17(19)10-11-18-7-3-5-9-20(18)21/h2-9,16H,10-15H2,1H3/q+1. The van der Waals surface area contributed by atoms with Crippen LogP contribution in [-0.4, -0.2) is 23.4 Å². The van der Waals surface area contributed by atoms with E-state index in [1.54, 1.807) is 0 Å². The Morgan fingerprint density at radius 2 is 1.27 bits per heavy atom. The minimum Gasteiger partial charge on any atom is -0.229 e. The van der Waals surface area contributed by atoms with Gasteiger partial charge in [-0.25, -0.2) is 4.58 Å². The van der Waals surface area contributed by atoms with Gasteiger partial charge in [-0.05, 0) is 42.0 Å².